The fourth-order valence-electron chi connectivity index (χ4n) is 3.05. The van der Waals surface area contributed by atoms with Crippen LogP contribution in [0.1, 0.15) is 18.4 Å². The zero-order chi connectivity index (χ0) is 18.7. The summed E-state index contributed by atoms with van der Waals surface area (Å²) in [6, 6.07) is 9.70. The molecule has 0 spiro atoms. The van der Waals surface area contributed by atoms with Crippen molar-refractivity contribution in [2.45, 2.75) is 19.3 Å². The van der Waals surface area contributed by atoms with Crippen LogP contribution in [0.2, 0.25) is 5.02 Å². The Morgan fingerprint density at radius 2 is 2.11 bits per heavy atom. The van der Waals surface area contributed by atoms with Gasteiger partial charge in [-0.2, -0.15) is 0 Å². The molecule has 3 rings (SSSR count). The van der Waals surface area contributed by atoms with Crippen molar-refractivity contribution in [2.24, 2.45) is 0 Å². The average Bonchev–Trinajstić information content (AvgIpc) is 2.62. The smallest absolute Gasteiger partial charge is 0.312 e. The van der Waals surface area contributed by atoms with Gasteiger partial charge in [0.1, 0.15) is 0 Å². The molecule has 1 aliphatic heterocycles. The van der Waals surface area contributed by atoms with E-state index in [9.17, 15) is 14.9 Å². The van der Waals surface area contributed by atoms with E-state index < -0.39 is 4.92 Å². The van der Waals surface area contributed by atoms with Gasteiger partial charge in [0.15, 0.2) is 5.75 Å². The van der Waals surface area contributed by atoms with Crippen LogP contribution in [0.25, 0.3) is 0 Å². The van der Waals surface area contributed by atoms with E-state index in [0.717, 1.165) is 24.1 Å². The molecule has 0 saturated heterocycles. The molecule has 0 saturated carbocycles. The van der Waals surface area contributed by atoms with Crippen molar-refractivity contribution in [3.8, 4) is 5.75 Å². The van der Waals surface area contributed by atoms with Crippen LogP contribution in [0.3, 0.4) is 0 Å². The lowest BCUT2D eigenvalue weighted by Crippen LogP contribution is -2.36. The average molecular weight is 412 g/mol. The van der Waals surface area contributed by atoms with Gasteiger partial charge in [-0.15, -0.1) is 12.4 Å². The molecular weight excluding hydrogens is 393 g/mol. The molecule has 2 N–H and O–H groups in total. The summed E-state index contributed by atoms with van der Waals surface area (Å²) in [5.74, 6) is -0.0105. The highest BCUT2D eigenvalue weighted by atomic mass is 35.5. The molecule has 9 heteroatoms. The Morgan fingerprint density at radius 1 is 1.33 bits per heavy atom. The lowest BCUT2D eigenvalue weighted by Gasteiger charge is -2.30. The van der Waals surface area contributed by atoms with Crippen LogP contribution in [-0.2, 0) is 11.2 Å². The lowest BCUT2D eigenvalue weighted by atomic mass is 9.99. The Kier molecular flexibility index (Phi) is 6.87. The number of ether oxygens (including phenoxy) is 1. The molecule has 0 bridgehead atoms. The standard InChI is InChI=1S/C18H18ClN3O4.ClH/c19-12-6-7-17(16(11-12)22(24)25)26-10-8-18(23)21-9-2-3-13-14(20)4-1-5-15(13)21;/h1,4-7,11H,2-3,8-10,20H2;1H. The predicted octanol–water partition coefficient (Wildman–Crippen LogP) is 4.00. The Hall–Kier alpha value is -2.51. The van der Waals surface area contributed by atoms with Gasteiger partial charge in [0.25, 0.3) is 0 Å². The number of hydrogen-bond acceptors (Lipinski definition) is 5. The van der Waals surface area contributed by atoms with Gasteiger partial charge >= 0.3 is 5.69 Å². The summed E-state index contributed by atoms with van der Waals surface area (Å²) in [4.78, 5) is 24.8. The van der Waals surface area contributed by atoms with Crippen molar-refractivity contribution >= 4 is 47.0 Å². The van der Waals surface area contributed by atoms with Gasteiger partial charge in [0.05, 0.1) is 18.0 Å². The van der Waals surface area contributed by atoms with Gasteiger partial charge in [-0.3, -0.25) is 14.9 Å². The van der Waals surface area contributed by atoms with E-state index in [0.29, 0.717) is 12.2 Å². The van der Waals surface area contributed by atoms with Gasteiger partial charge in [0, 0.05) is 29.0 Å². The number of halogens is 2. The Morgan fingerprint density at radius 3 is 2.85 bits per heavy atom. The molecule has 0 atom stereocenters. The number of hydrogen-bond donors (Lipinski definition) is 1. The van der Waals surface area contributed by atoms with Crippen molar-refractivity contribution < 1.29 is 14.5 Å². The first-order valence-electron chi connectivity index (χ1n) is 8.22. The number of carbonyl (C=O) groups is 1. The monoisotopic (exact) mass is 411 g/mol. The number of nitro groups is 1. The number of anilines is 2. The summed E-state index contributed by atoms with van der Waals surface area (Å²) in [7, 11) is 0. The topological polar surface area (TPSA) is 98.7 Å². The summed E-state index contributed by atoms with van der Waals surface area (Å²) < 4.78 is 5.45. The first-order valence-corrected chi connectivity index (χ1v) is 8.59. The second-order valence-electron chi connectivity index (χ2n) is 5.96. The minimum absolute atomic E-state index is 0. The fraction of sp³-hybridized carbons (Fsp3) is 0.278. The molecule has 1 heterocycles. The molecule has 7 nitrogen and oxygen atoms in total. The molecular formula is C18H19Cl2N3O4. The van der Waals surface area contributed by atoms with Crippen LogP contribution in [0.15, 0.2) is 36.4 Å². The summed E-state index contributed by atoms with van der Waals surface area (Å²) in [5.41, 5.74) is 8.29. The van der Waals surface area contributed by atoms with Crippen molar-refractivity contribution in [3.05, 3.63) is 57.1 Å². The Bertz CT molecular complexity index is 860. The van der Waals surface area contributed by atoms with Crippen molar-refractivity contribution in [3.63, 3.8) is 0 Å². The molecule has 0 radical (unpaired) electrons. The normalized spacial score (nSPS) is 12.7. The lowest BCUT2D eigenvalue weighted by molar-refractivity contribution is -0.385. The van der Waals surface area contributed by atoms with E-state index in [1.807, 2.05) is 18.2 Å². The van der Waals surface area contributed by atoms with E-state index in [2.05, 4.69) is 0 Å². The highest BCUT2D eigenvalue weighted by Crippen LogP contribution is 2.32. The van der Waals surface area contributed by atoms with Gasteiger partial charge in [-0.05, 0) is 42.7 Å². The first-order chi connectivity index (χ1) is 12.5. The molecule has 2 aromatic rings. The quantitative estimate of drug-likeness (QED) is 0.455. The van der Waals surface area contributed by atoms with Crippen molar-refractivity contribution in [1.82, 2.24) is 0 Å². The molecule has 144 valence electrons. The number of nitrogens with two attached hydrogens (primary N) is 1. The highest BCUT2D eigenvalue weighted by Gasteiger charge is 2.24. The maximum atomic E-state index is 12.6. The van der Waals surface area contributed by atoms with Crippen molar-refractivity contribution in [2.75, 3.05) is 23.8 Å². The number of fused-ring (bicyclic) bond motifs is 1. The van der Waals surface area contributed by atoms with Gasteiger partial charge in [-0.1, -0.05) is 17.7 Å². The van der Waals surface area contributed by atoms with Crippen molar-refractivity contribution in [1.29, 1.82) is 0 Å². The third-order valence-electron chi connectivity index (χ3n) is 4.28. The number of benzene rings is 2. The van der Waals surface area contributed by atoms with Crippen LogP contribution >= 0.6 is 24.0 Å². The van der Waals surface area contributed by atoms with Gasteiger partial charge < -0.3 is 15.4 Å². The molecule has 1 amide bonds. The maximum Gasteiger partial charge on any atom is 0.312 e. The Balaban J connectivity index is 0.00000261. The van der Waals surface area contributed by atoms with E-state index in [4.69, 9.17) is 22.1 Å². The molecule has 0 unspecified atom stereocenters. The number of nitrogen functional groups attached to an aromatic ring is 1. The van der Waals surface area contributed by atoms with Crippen LogP contribution in [0.5, 0.6) is 5.75 Å². The number of amides is 1. The molecule has 2 aromatic carbocycles. The van der Waals surface area contributed by atoms with Gasteiger partial charge in [-0.25, -0.2) is 0 Å². The van der Waals surface area contributed by atoms with Crippen LogP contribution in [0.4, 0.5) is 17.1 Å². The number of carbonyl (C=O) groups excluding carboxylic acids is 1. The highest BCUT2D eigenvalue weighted by molar-refractivity contribution is 6.30. The summed E-state index contributed by atoms with van der Waals surface area (Å²) in [5, 5.41) is 11.3. The SMILES string of the molecule is Cl.Nc1cccc2c1CCCN2C(=O)CCOc1ccc(Cl)cc1[N+](=O)[O-]. The van der Waals surface area contributed by atoms with Crippen LogP contribution < -0.4 is 15.4 Å². The van der Waals surface area contributed by atoms with E-state index >= 15 is 0 Å². The number of nitrogens with zero attached hydrogens (tertiary/aromatic N) is 2. The largest absolute Gasteiger partial charge is 0.486 e. The fourth-order valence-corrected chi connectivity index (χ4v) is 3.22. The molecule has 0 fully saturated rings. The second-order valence-corrected chi connectivity index (χ2v) is 6.40. The second kappa shape index (κ2) is 8.92. The third-order valence-corrected chi connectivity index (χ3v) is 4.51. The third kappa shape index (κ3) is 4.61. The van der Waals surface area contributed by atoms with E-state index in [1.165, 1.54) is 18.2 Å². The minimum Gasteiger partial charge on any atom is -0.486 e. The zero-order valence-electron chi connectivity index (χ0n) is 14.4. The summed E-state index contributed by atoms with van der Waals surface area (Å²) >= 11 is 5.78. The number of rotatable bonds is 5. The zero-order valence-corrected chi connectivity index (χ0v) is 16.0. The van der Waals surface area contributed by atoms with Gasteiger partial charge in [0.2, 0.25) is 5.91 Å². The summed E-state index contributed by atoms with van der Waals surface area (Å²) in [6.07, 6.45) is 1.80. The maximum absolute atomic E-state index is 12.6. The molecule has 27 heavy (non-hydrogen) atoms. The molecule has 1 aliphatic rings. The molecule has 0 aromatic heterocycles. The Labute approximate surface area is 167 Å². The molecule has 0 aliphatic carbocycles. The van der Waals surface area contributed by atoms with E-state index in [1.54, 1.807) is 4.90 Å². The number of nitro benzene ring substituents is 1. The predicted molar refractivity (Wildman–Crippen MR) is 107 cm³/mol. The first kappa shape index (κ1) is 20.8. The van der Waals surface area contributed by atoms with E-state index in [-0.39, 0.29) is 47.8 Å². The van der Waals surface area contributed by atoms with Crippen LogP contribution in [0, 0.1) is 10.1 Å². The minimum atomic E-state index is -0.563. The van der Waals surface area contributed by atoms with Crippen LogP contribution in [-0.4, -0.2) is 24.0 Å². The summed E-state index contributed by atoms with van der Waals surface area (Å²) in [6.45, 7) is 0.659.